The van der Waals surface area contributed by atoms with Crippen LogP contribution in [0, 0.1) is 7.14 Å². The molecule has 0 fully saturated rings. The molecular formula is C20H11ClI2O4. The predicted octanol–water partition coefficient (Wildman–Crippen LogP) is 5.99. The summed E-state index contributed by atoms with van der Waals surface area (Å²) in [4.78, 5) is 24.5. The van der Waals surface area contributed by atoms with Crippen LogP contribution in [0.15, 0.2) is 66.7 Å². The highest BCUT2D eigenvalue weighted by atomic mass is 127. The molecule has 0 spiro atoms. The van der Waals surface area contributed by atoms with Crippen molar-refractivity contribution in [3.63, 3.8) is 0 Å². The lowest BCUT2D eigenvalue weighted by Crippen LogP contribution is -2.10. The lowest BCUT2D eigenvalue weighted by Gasteiger charge is -2.09. The summed E-state index contributed by atoms with van der Waals surface area (Å²) < 4.78 is 12.7. The van der Waals surface area contributed by atoms with Gasteiger partial charge >= 0.3 is 11.9 Å². The third-order valence-electron chi connectivity index (χ3n) is 3.48. The van der Waals surface area contributed by atoms with Gasteiger partial charge in [-0.1, -0.05) is 11.6 Å². The highest BCUT2D eigenvalue weighted by Crippen LogP contribution is 2.30. The first-order chi connectivity index (χ1) is 12.9. The van der Waals surface area contributed by atoms with Gasteiger partial charge in [0.1, 0.15) is 5.75 Å². The lowest BCUT2D eigenvalue weighted by atomic mass is 10.2. The molecule has 3 aromatic rings. The second kappa shape index (κ2) is 9.03. The van der Waals surface area contributed by atoms with Gasteiger partial charge in [0, 0.05) is 13.2 Å². The van der Waals surface area contributed by atoms with E-state index in [9.17, 15) is 9.59 Å². The summed E-state index contributed by atoms with van der Waals surface area (Å²) in [5.41, 5.74) is 0.815. The number of ether oxygens (including phenoxy) is 2. The first-order valence-corrected chi connectivity index (χ1v) is 10.2. The lowest BCUT2D eigenvalue weighted by molar-refractivity contribution is 0.0733. The summed E-state index contributed by atoms with van der Waals surface area (Å²) in [5.74, 6) is -0.709. The molecule has 0 aliphatic heterocycles. The van der Waals surface area contributed by atoms with Gasteiger partial charge in [0.15, 0.2) is 5.75 Å². The zero-order valence-corrected chi connectivity index (χ0v) is 18.7. The Morgan fingerprint density at radius 2 is 1.19 bits per heavy atom. The summed E-state index contributed by atoms with van der Waals surface area (Å²) in [6.07, 6.45) is 0. The fourth-order valence-electron chi connectivity index (χ4n) is 2.12. The maximum Gasteiger partial charge on any atom is 0.343 e. The Hall–Kier alpha value is -1.65. The molecule has 0 unspecified atom stereocenters. The van der Waals surface area contributed by atoms with Gasteiger partial charge in [0.05, 0.1) is 16.1 Å². The van der Waals surface area contributed by atoms with Crippen molar-refractivity contribution < 1.29 is 19.1 Å². The molecule has 0 aliphatic rings. The quantitative estimate of drug-likeness (QED) is 0.209. The van der Waals surface area contributed by atoms with Gasteiger partial charge in [-0.3, -0.25) is 0 Å². The maximum atomic E-state index is 12.3. The van der Waals surface area contributed by atoms with Crippen LogP contribution in [0.2, 0.25) is 5.02 Å². The first kappa shape index (κ1) is 20.1. The van der Waals surface area contributed by atoms with E-state index in [0.29, 0.717) is 11.1 Å². The molecule has 4 nitrogen and oxygen atoms in total. The Morgan fingerprint density at radius 1 is 0.704 bits per heavy atom. The van der Waals surface area contributed by atoms with Gasteiger partial charge in [-0.15, -0.1) is 0 Å². The second-order valence-electron chi connectivity index (χ2n) is 5.39. The zero-order valence-electron chi connectivity index (χ0n) is 13.6. The number of hydrogen-bond donors (Lipinski definition) is 0. The van der Waals surface area contributed by atoms with Crippen molar-refractivity contribution in [2.24, 2.45) is 0 Å². The van der Waals surface area contributed by atoms with Gasteiger partial charge in [-0.25, -0.2) is 9.59 Å². The van der Waals surface area contributed by atoms with Crippen LogP contribution in [0.4, 0.5) is 0 Å². The third-order valence-corrected chi connectivity index (χ3v) is 5.23. The van der Waals surface area contributed by atoms with Crippen molar-refractivity contribution >= 4 is 68.7 Å². The topological polar surface area (TPSA) is 52.6 Å². The Bertz CT molecular complexity index is 986. The summed E-state index contributed by atoms with van der Waals surface area (Å²) >= 11 is 10.4. The largest absolute Gasteiger partial charge is 0.423 e. The minimum atomic E-state index is -0.547. The zero-order chi connectivity index (χ0) is 19.4. The number of rotatable bonds is 4. The van der Waals surface area contributed by atoms with Crippen LogP contribution in [0.25, 0.3) is 0 Å². The molecule has 0 aliphatic carbocycles. The molecule has 0 saturated carbocycles. The van der Waals surface area contributed by atoms with Crippen molar-refractivity contribution in [1.29, 1.82) is 0 Å². The standard InChI is InChI=1S/C20H11ClI2O4/c21-17-10-9-16(26-19(24)12-1-5-14(22)6-2-12)11-18(17)27-20(25)13-3-7-15(23)8-4-13/h1-11H. The van der Waals surface area contributed by atoms with Crippen molar-refractivity contribution in [2.45, 2.75) is 0 Å². The van der Waals surface area contributed by atoms with E-state index in [4.69, 9.17) is 21.1 Å². The van der Waals surface area contributed by atoms with Crippen molar-refractivity contribution in [3.8, 4) is 11.5 Å². The average Bonchev–Trinajstić information content (AvgIpc) is 2.65. The number of esters is 2. The highest BCUT2D eigenvalue weighted by Gasteiger charge is 2.14. The fourth-order valence-corrected chi connectivity index (χ4v) is 3.00. The van der Waals surface area contributed by atoms with Crippen molar-refractivity contribution in [2.75, 3.05) is 0 Å². The molecule has 0 aromatic heterocycles. The molecule has 27 heavy (non-hydrogen) atoms. The van der Waals surface area contributed by atoms with Crippen molar-refractivity contribution in [1.82, 2.24) is 0 Å². The summed E-state index contributed by atoms with van der Waals surface area (Å²) in [6.45, 7) is 0. The van der Waals surface area contributed by atoms with Crippen LogP contribution in [-0.2, 0) is 0 Å². The van der Waals surface area contributed by atoms with E-state index in [2.05, 4.69) is 45.2 Å². The summed E-state index contributed by atoms with van der Waals surface area (Å²) in [6, 6.07) is 18.4. The Balaban J connectivity index is 1.75. The molecule has 0 amide bonds. The van der Waals surface area contributed by atoms with Crippen LogP contribution in [-0.4, -0.2) is 11.9 Å². The van der Waals surface area contributed by atoms with E-state index >= 15 is 0 Å². The Labute approximate surface area is 188 Å². The number of carbonyl (C=O) groups excluding carboxylic acids is 2. The number of carbonyl (C=O) groups is 2. The fraction of sp³-hybridized carbons (Fsp3) is 0. The van der Waals surface area contributed by atoms with Crippen LogP contribution in [0.5, 0.6) is 11.5 Å². The molecule has 0 radical (unpaired) electrons. The number of benzene rings is 3. The van der Waals surface area contributed by atoms with E-state index in [1.807, 2.05) is 12.1 Å². The monoisotopic (exact) mass is 604 g/mol. The van der Waals surface area contributed by atoms with Crippen molar-refractivity contribution in [3.05, 3.63) is 90.0 Å². The minimum absolute atomic E-state index is 0.119. The van der Waals surface area contributed by atoms with Crippen LogP contribution >= 0.6 is 56.8 Å². The van der Waals surface area contributed by atoms with Crippen LogP contribution < -0.4 is 9.47 Å². The second-order valence-corrected chi connectivity index (χ2v) is 8.28. The van der Waals surface area contributed by atoms with E-state index < -0.39 is 11.9 Å². The molecule has 3 aromatic carbocycles. The molecule has 0 heterocycles. The molecule has 0 N–H and O–H groups in total. The number of hydrogen-bond acceptors (Lipinski definition) is 4. The summed E-state index contributed by atoms with van der Waals surface area (Å²) in [7, 11) is 0. The Kier molecular flexibility index (Phi) is 6.72. The molecular weight excluding hydrogens is 593 g/mol. The predicted molar refractivity (Wildman–Crippen MR) is 120 cm³/mol. The molecule has 0 saturated heterocycles. The normalized spacial score (nSPS) is 10.3. The average molecular weight is 605 g/mol. The first-order valence-electron chi connectivity index (χ1n) is 7.67. The highest BCUT2D eigenvalue weighted by molar-refractivity contribution is 14.1. The molecule has 0 bridgehead atoms. The molecule has 3 rings (SSSR count). The number of halogens is 3. The van der Waals surface area contributed by atoms with Gasteiger partial charge in [0.2, 0.25) is 0 Å². The van der Waals surface area contributed by atoms with E-state index in [0.717, 1.165) is 7.14 Å². The summed E-state index contributed by atoms with van der Waals surface area (Å²) in [5, 5.41) is 0.239. The van der Waals surface area contributed by atoms with Crippen LogP contribution in [0.3, 0.4) is 0 Å². The van der Waals surface area contributed by atoms with Gasteiger partial charge in [0.25, 0.3) is 0 Å². The molecule has 0 atom stereocenters. The smallest absolute Gasteiger partial charge is 0.343 e. The van der Waals surface area contributed by atoms with Gasteiger partial charge < -0.3 is 9.47 Å². The van der Waals surface area contributed by atoms with Gasteiger partial charge in [-0.2, -0.15) is 0 Å². The maximum absolute atomic E-state index is 12.3. The minimum Gasteiger partial charge on any atom is -0.423 e. The van der Waals surface area contributed by atoms with E-state index in [-0.39, 0.29) is 16.5 Å². The third kappa shape index (κ3) is 5.43. The molecule has 136 valence electrons. The Morgan fingerprint density at radius 3 is 1.70 bits per heavy atom. The van der Waals surface area contributed by atoms with Gasteiger partial charge in [-0.05, 0) is 106 Å². The molecule has 7 heteroatoms. The van der Waals surface area contributed by atoms with E-state index in [1.165, 1.54) is 18.2 Å². The SMILES string of the molecule is O=C(Oc1ccc(Cl)c(OC(=O)c2ccc(I)cc2)c1)c1ccc(I)cc1. The van der Waals surface area contributed by atoms with E-state index in [1.54, 1.807) is 36.4 Å². The van der Waals surface area contributed by atoms with Crippen LogP contribution in [0.1, 0.15) is 20.7 Å².